The number of aliphatic hydroxyl groups excluding tert-OH is 1. The molecule has 0 spiro atoms. The lowest BCUT2D eigenvalue weighted by molar-refractivity contribution is -0.146. The number of aliphatic hydroxyl groups is 1. The zero-order chi connectivity index (χ0) is 11.5. The summed E-state index contributed by atoms with van der Waals surface area (Å²) in [5.74, 6) is -1.19. The number of hydrogen-bond donors (Lipinski definition) is 2. The van der Waals surface area contributed by atoms with Gasteiger partial charge in [0.25, 0.3) is 0 Å². The number of fused-ring (bicyclic) bond motifs is 1. The maximum absolute atomic E-state index is 10.6. The zero-order valence-electron chi connectivity index (χ0n) is 8.63. The van der Waals surface area contributed by atoms with Crippen molar-refractivity contribution in [3.63, 3.8) is 0 Å². The molecule has 0 aliphatic heterocycles. The van der Waals surface area contributed by atoms with Gasteiger partial charge in [-0.1, -0.05) is 42.5 Å². The Balaban J connectivity index is 2.41. The van der Waals surface area contributed by atoms with E-state index in [1.807, 2.05) is 42.5 Å². The lowest BCUT2D eigenvalue weighted by atomic mass is 10.00. The summed E-state index contributed by atoms with van der Waals surface area (Å²) in [6.45, 7) is 0. The van der Waals surface area contributed by atoms with Crippen molar-refractivity contribution >= 4 is 16.7 Å². The van der Waals surface area contributed by atoms with Crippen LogP contribution in [-0.4, -0.2) is 22.3 Å². The zero-order valence-corrected chi connectivity index (χ0v) is 8.63. The third-order valence-corrected chi connectivity index (χ3v) is 2.58. The van der Waals surface area contributed by atoms with Crippen LogP contribution in [-0.2, 0) is 11.2 Å². The predicted molar refractivity (Wildman–Crippen MR) is 61.3 cm³/mol. The molecule has 2 aromatic rings. The van der Waals surface area contributed by atoms with Gasteiger partial charge in [-0.25, -0.2) is 4.79 Å². The van der Waals surface area contributed by atoms with Crippen molar-refractivity contribution in [3.05, 3.63) is 48.0 Å². The highest BCUT2D eigenvalue weighted by Crippen LogP contribution is 2.19. The van der Waals surface area contributed by atoms with Crippen LogP contribution >= 0.6 is 0 Å². The second kappa shape index (κ2) is 4.33. The number of aliphatic carboxylic acids is 1. The van der Waals surface area contributed by atoms with Gasteiger partial charge in [0.2, 0.25) is 0 Å². The number of benzene rings is 2. The van der Waals surface area contributed by atoms with Gasteiger partial charge in [-0.3, -0.25) is 0 Å². The summed E-state index contributed by atoms with van der Waals surface area (Å²) in [6, 6.07) is 13.4. The third kappa shape index (κ3) is 2.04. The molecule has 2 rings (SSSR count). The molecule has 2 aromatic carbocycles. The molecule has 82 valence electrons. The number of carboxylic acids is 1. The molecule has 0 saturated carbocycles. The number of hydrogen-bond acceptors (Lipinski definition) is 2. The largest absolute Gasteiger partial charge is 0.479 e. The topological polar surface area (TPSA) is 57.5 Å². The van der Waals surface area contributed by atoms with Crippen molar-refractivity contribution in [1.82, 2.24) is 0 Å². The molecule has 2 N–H and O–H groups in total. The number of rotatable bonds is 3. The predicted octanol–water partition coefficient (Wildman–Crippen LogP) is 1.83. The summed E-state index contributed by atoms with van der Waals surface area (Å²) in [4.78, 5) is 10.6. The van der Waals surface area contributed by atoms with E-state index < -0.39 is 12.1 Å². The van der Waals surface area contributed by atoms with Gasteiger partial charge in [-0.15, -0.1) is 0 Å². The van der Waals surface area contributed by atoms with Crippen molar-refractivity contribution in [2.75, 3.05) is 0 Å². The van der Waals surface area contributed by atoms with Crippen molar-refractivity contribution in [3.8, 4) is 0 Å². The Morgan fingerprint density at radius 1 is 1.12 bits per heavy atom. The van der Waals surface area contributed by atoms with Crippen LogP contribution < -0.4 is 0 Å². The van der Waals surface area contributed by atoms with Crippen LogP contribution in [0.5, 0.6) is 0 Å². The molecule has 3 heteroatoms. The fraction of sp³-hybridized carbons (Fsp3) is 0.154. The summed E-state index contributed by atoms with van der Waals surface area (Å²) in [5, 5.41) is 20.0. The molecule has 0 fully saturated rings. The first kappa shape index (κ1) is 10.6. The van der Waals surface area contributed by atoms with E-state index in [1.165, 1.54) is 0 Å². The highest BCUT2D eigenvalue weighted by molar-refractivity contribution is 5.86. The fourth-order valence-electron chi connectivity index (χ4n) is 1.77. The first-order valence-corrected chi connectivity index (χ1v) is 5.06. The fourth-order valence-corrected chi connectivity index (χ4v) is 1.77. The molecule has 3 nitrogen and oxygen atoms in total. The summed E-state index contributed by atoms with van der Waals surface area (Å²) >= 11 is 0. The second-order valence-corrected chi connectivity index (χ2v) is 3.70. The Hall–Kier alpha value is -1.87. The van der Waals surface area contributed by atoms with E-state index >= 15 is 0 Å². The van der Waals surface area contributed by atoms with Gasteiger partial charge in [0.15, 0.2) is 6.10 Å². The molecule has 0 aromatic heterocycles. The summed E-state index contributed by atoms with van der Waals surface area (Å²) in [6.07, 6.45) is -1.21. The second-order valence-electron chi connectivity index (χ2n) is 3.70. The summed E-state index contributed by atoms with van der Waals surface area (Å²) in [7, 11) is 0. The molecule has 0 bridgehead atoms. The van der Waals surface area contributed by atoms with Crippen molar-refractivity contribution < 1.29 is 15.0 Å². The SMILES string of the molecule is O=C(O)[C@H](O)Cc1cccc2ccccc12. The molecule has 0 heterocycles. The highest BCUT2D eigenvalue weighted by atomic mass is 16.4. The molecule has 0 saturated heterocycles. The number of carboxylic acid groups (broad SMARTS) is 1. The van der Waals surface area contributed by atoms with Gasteiger partial charge in [0, 0.05) is 6.42 Å². The minimum absolute atomic E-state index is 0.136. The quantitative estimate of drug-likeness (QED) is 0.822. The molecule has 0 aliphatic rings. The van der Waals surface area contributed by atoms with Gasteiger partial charge >= 0.3 is 5.97 Å². The molecular formula is C13H12O3. The van der Waals surface area contributed by atoms with Crippen LogP contribution in [0.15, 0.2) is 42.5 Å². The normalized spacial score (nSPS) is 12.6. The van der Waals surface area contributed by atoms with Gasteiger partial charge < -0.3 is 10.2 Å². The Kier molecular flexibility index (Phi) is 2.88. The van der Waals surface area contributed by atoms with E-state index in [0.29, 0.717) is 0 Å². The van der Waals surface area contributed by atoms with Crippen LogP contribution in [0.2, 0.25) is 0 Å². The lowest BCUT2D eigenvalue weighted by Gasteiger charge is -2.08. The van der Waals surface area contributed by atoms with E-state index in [0.717, 1.165) is 16.3 Å². The van der Waals surface area contributed by atoms with Crippen molar-refractivity contribution in [2.45, 2.75) is 12.5 Å². The van der Waals surface area contributed by atoms with E-state index in [1.54, 1.807) is 0 Å². The minimum atomic E-state index is -1.34. The Labute approximate surface area is 93.0 Å². The summed E-state index contributed by atoms with van der Waals surface area (Å²) < 4.78 is 0. The summed E-state index contributed by atoms with van der Waals surface area (Å²) in [5.41, 5.74) is 0.855. The van der Waals surface area contributed by atoms with Gasteiger partial charge in [0.05, 0.1) is 0 Å². The smallest absolute Gasteiger partial charge is 0.332 e. The Bertz CT molecular complexity index is 514. The highest BCUT2D eigenvalue weighted by Gasteiger charge is 2.14. The van der Waals surface area contributed by atoms with Crippen LogP contribution in [0.3, 0.4) is 0 Å². The van der Waals surface area contributed by atoms with E-state index in [2.05, 4.69) is 0 Å². The average molecular weight is 216 g/mol. The van der Waals surface area contributed by atoms with E-state index in [9.17, 15) is 9.90 Å². The molecule has 1 atom stereocenters. The first-order chi connectivity index (χ1) is 7.68. The monoisotopic (exact) mass is 216 g/mol. The van der Waals surface area contributed by atoms with Gasteiger partial charge in [-0.2, -0.15) is 0 Å². The van der Waals surface area contributed by atoms with Gasteiger partial charge in [0.1, 0.15) is 0 Å². The van der Waals surface area contributed by atoms with Crippen LogP contribution in [0, 0.1) is 0 Å². The lowest BCUT2D eigenvalue weighted by Crippen LogP contribution is -2.22. The molecule has 0 aliphatic carbocycles. The molecule has 0 unspecified atom stereocenters. The maximum atomic E-state index is 10.6. The maximum Gasteiger partial charge on any atom is 0.332 e. The minimum Gasteiger partial charge on any atom is -0.479 e. The van der Waals surface area contributed by atoms with E-state index in [-0.39, 0.29) is 6.42 Å². The average Bonchev–Trinajstić information content (AvgIpc) is 2.29. The van der Waals surface area contributed by atoms with Crippen LogP contribution in [0.25, 0.3) is 10.8 Å². The Morgan fingerprint density at radius 3 is 2.56 bits per heavy atom. The first-order valence-electron chi connectivity index (χ1n) is 5.06. The van der Waals surface area contributed by atoms with Crippen molar-refractivity contribution in [1.29, 1.82) is 0 Å². The third-order valence-electron chi connectivity index (χ3n) is 2.58. The van der Waals surface area contributed by atoms with E-state index in [4.69, 9.17) is 5.11 Å². The van der Waals surface area contributed by atoms with Crippen molar-refractivity contribution in [2.24, 2.45) is 0 Å². The molecule has 16 heavy (non-hydrogen) atoms. The number of carbonyl (C=O) groups is 1. The van der Waals surface area contributed by atoms with Gasteiger partial charge in [-0.05, 0) is 16.3 Å². The molecular weight excluding hydrogens is 204 g/mol. The van der Waals surface area contributed by atoms with Crippen LogP contribution in [0.1, 0.15) is 5.56 Å². The van der Waals surface area contributed by atoms with Crippen LogP contribution in [0.4, 0.5) is 0 Å². The molecule has 0 radical (unpaired) electrons. The standard InChI is InChI=1S/C13H12O3/c14-12(13(15)16)8-10-6-3-5-9-4-1-2-7-11(9)10/h1-7,12,14H,8H2,(H,15,16)/t12-/m1/s1. The molecule has 0 amide bonds. The Morgan fingerprint density at radius 2 is 1.81 bits per heavy atom.